The number of hydrogen-bond acceptors (Lipinski definition) is 7. The number of rotatable bonds is 5. The number of nitrogens with zero attached hydrogens (tertiary/aromatic N) is 3. The zero-order valence-electron chi connectivity index (χ0n) is 15.9. The third-order valence-electron chi connectivity index (χ3n) is 4.96. The normalized spacial score (nSPS) is 16.9. The standard InChI is InChI=1S/C17H15F6N3O4S2/c18-16(19,20)15(27,17(21,22)23)11-1-3-12(4-2-11)25-7-9-26(10-8-25)32(29,30)14-6-5-13(24-28)31-14/h1-6,27H,7-10H2. The molecule has 0 spiro atoms. The molecule has 32 heavy (non-hydrogen) atoms. The molecule has 1 N–H and O–H groups in total. The summed E-state index contributed by atoms with van der Waals surface area (Å²) in [6, 6.07) is 5.61. The molecule has 0 radical (unpaired) electrons. The van der Waals surface area contributed by atoms with Crippen molar-refractivity contribution in [2.45, 2.75) is 22.2 Å². The molecule has 0 atom stereocenters. The van der Waals surface area contributed by atoms with Gasteiger partial charge in [-0.1, -0.05) is 23.5 Å². The summed E-state index contributed by atoms with van der Waals surface area (Å²) in [6.07, 6.45) is -12.0. The molecule has 1 fully saturated rings. The number of aliphatic hydroxyl groups is 1. The topological polar surface area (TPSA) is 90.3 Å². The molecule has 1 aliphatic rings. The van der Waals surface area contributed by atoms with Gasteiger partial charge in [-0.05, 0) is 29.4 Å². The second-order valence-electron chi connectivity index (χ2n) is 6.83. The molecule has 1 saturated heterocycles. The van der Waals surface area contributed by atoms with Gasteiger partial charge in [0.15, 0.2) is 5.00 Å². The SMILES string of the molecule is O=Nc1ccc(S(=O)(=O)N2CCN(c3ccc(C(O)(C(F)(F)F)C(F)(F)F)cc3)CC2)s1. The Bertz CT molecular complexity index is 1060. The first-order valence-electron chi connectivity index (χ1n) is 8.86. The van der Waals surface area contributed by atoms with E-state index in [1.54, 1.807) is 4.90 Å². The van der Waals surface area contributed by atoms with E-state index in [0.717, 1.165) is 16.4 Å². The number of hydrogen-bond donors (Lipinski definition) is 1. The molecule has 0 saturated carbocycles. The van der Waals surface area contributed by atoms with Crippen LogP contribution in [0.15, 0.2) is 45.8 Å². The van der Waals surface area contributed by atoms with Gasteiger partial charge in [0.1, 0.15) is 4.21 Å². The second-order valence-corrected chi connectivity index (χ2v) is 10.1. The van der Waals surface area contributed by atoms with Crippen LogP contribution in [-0.4, -0.2) is 56.4 Å². The monoisotopic (exact) mass is 503 g/mol. The Labute approximate surface area is 181 Å². The lowest BCUT2D eigenvalue weighted by atomic mass is 9.92. The number of sulfonamides is 1. The minimum absolute atomic E-state index is 0.0000245. The van der Waals surface area contributed by atoms with Crippen molar-refractivity contribution in [3.05, 3.63) is 46.9 Å². The minimum atomic E-state index is -5.98. The van der Waals surface area contributed by atoms with Gasteiger partial charge >= 0.3 is 12.4 Å². The first-order chi connectivity index (χ1) is 14.7. The summed E-state index contributed by atoms with van der Waals surface area (Å²) in [5, 5.41) is 12.1. The quantitative estimate of drug-likeness (QED) is 0.493. The van der Waals surface area contributed by atoms with Crippen molar-refractivity contribution in [2.24, 2.45) is 5.18 Å². The lowest BCUT2D eigenvalue weighted by molar-refractivity contribution is -0.376. The van der Waals surface area contributed by atoms with E-state index in [4.69, 9.17) is 0 Å². The van der Waals surface area contributed by atoms with Gasteiger partial charge < -0.3 is 10.0 Å². The van der Waals surface area contributed by atoms with Crippen LogP contribution < -0.4 is 4.90 Å². The maximum absolute atomic E-state index is 13.0. The molecule has 2 aromatic rings. The molecule has 0 unspecified atom stereocenters. The van der Waals surface area contributed by atoms with E-state index < -0.39 is 33.5 Å². The summed E-state index contributed by atoms with van der Waals surface area (Å²) in [5.41, 5.74) is -6.12. The number of benzene rings is 1. The molecule has 0 bridgehead atoms. The lowest BCUT2D eigenvalue weighted by Gasteiger charge is -2.36. The van der Waals surface area contributed by atoms with Gasteiger partial charge in [0.2, 0.25) is 0 Å². The Kier molecular flexibility index (Phi) is 6.32. The van der Waals surface area contributed by atoms with Crippen LogP contribution in [0.3, 0.4) is 0 Å². The number of piperazine rings is 1. The van der Waals surface area contributed by atoms with E-state index in [9.17, 15) is 44.8 Å². The van der Waals surface area contributed by atoms with E-state index >= 15 is 0 Å². The van der Waals surface area contributed by atoms with E-state index in [2.05, 4.69) is 5.18 Å². The fraction of sp³-hybridized carbons (Fsp3) is 0.412. The van der Waals surface area contributed by atoms with Crippen molar-refractivity contribution in [2.75, 3.05) is 31.1 Å². The molecule has 7 nitrogen and oxygen atoms in total. The van der Waals surface area contributed by atoms with Crippen LogP contribution in [0.25, 0.3) is 0 Å². The fourth-order valence-corrected chi connectivity index (χ4v) is 5.86. The van der Waals surface area contributed by atoms with Crippen LogP contribution in [0.2, 0.25) is 0 Å². The van der Waals surface area contributed by atoms with Crippen LogP contribution in [0, 0.1) is 4.91 Å². The Morgan fingerprint density at radius 3 is 1.84 bits per heavy atom. The maximum atomic E-state index is 13.0. The first-order valence-corrected chi connectivity index (χ1v) is 11.1. The Morgan fingerprint density at radius 2 is 1.41 bits per heavy atom. The third kappa shape index (κ3) is 4.21. The highest BCUT2D eigenvalue weighted by Gasteiger charge is 2.71. The number of alkyl halides is 6. The smallest absolute Gasteiger partial charge is 0.369 e. The van der Waals surface area contributed by atoms with E-state index in [1.807, 2.05) is 0 Å². The van der Waals surface area contributed by atoms with Crippen molar-refractivity contribution in [1.29, 1.82) is 0 Å². The molecule has 0 aliphatic carbocycles. The summed E-state index contributed by atoms with van der Waals surface area (Å²) in [6.45, 7) is 0.235. The number of nitroso groups, excluding NO2 is 1. The van der Waals surface area contributed by atoms with Gasteiger partial charge in [-0.25, -0.2) is 8.42 Å². The summed E-state index contributed by atoms with van der Waals surface area (Å²) >= 11 is 0.709. The average molecular weight is 503 g/mol. The molecule has 2 heterocycles. The molecule has 0 amide bonds. The van der Waals surface area contributed by atoms with Crippen LogP contribution in [0.4, 0.5) is 37.0 Å². The molecule has 1 aromatic carbocycles. The zero-order chi connectivity index (χ0) is 23.9. The fourth-order valence-electron chi connectivity index (χ4n) is 3.21. The van der Waals surface area contributed by atoms with Gasteiger partial charge in [-0.2, -0.15) is 30.6 Å². The van der Waals surface area contributed by atoms with Gasteiger partial charge in [-0.3, -0.25) is 0 Å². The van der Waals surface area contributed by atoms with Crippen molar-refractivity contribution in [3.63, 3.8) is 0 Å². The lowest BCUT2D eigenvalue weighted by Crippen LogP contribution is -2.54. The Morgan fingerprint density at radius 1 is 0.875 bits per heavy atom. The third-order valence-corrected chi connectivity index (χ3v) is 8.29. The van der Waals surface area contributed by atoms with Gasteiger partial charge in [0, 0.05) is 37.4 Å². The summed E-state index contributed by atoms with van der Waals surface area (Å²) < 4.78 is 104. The molecule has 176 valence electrons. The second kappa shape index (κ2) is 8.28. The predicted molar refractivity (Wildman–Crippen MR) is 103 cm³/mol. The van der Waals surface area contributed by atoms with Gasteiger partial charge in [-0.15, -0.1) is 4.91 Å². The molecule has 3 rings (SSSR count). The van der Waals surface area contributed by atoms with Crippen molar-refractivity contribution in [3.8, 4) is 0 Å². The molecule has 1 aromatic heterocycles. The van der Waals surface area contributed by atoms with Crippen LogP contribution in [0.1, 0.15) is 5.56 Å². The van der Waals surface area contributed by atoms with Crippen LogP contribution >= 0.6 is 11.3 Å². The minimum Gasteiger partial charge on any atom is -0.369 e. The Balaban J connectivity index is 1.75. The van der Waals surface area contributed by atoms with E-state index in [0.29, 0.717) is 23.5 Å². The molecular weight excluding hydrogens is 488 g/mol. The maximum Gasteiger partial charge on any atom is 0.430 e. The number of anilines is 1. The zero-order valence-corrected chi connectivity index (χ0v) is 17.5. The van der Waals surface area contributed by atoms with Crippen LogP contribution in [0.5, 0.6) is 0 Å². The van der Waals surface area contributed by atoms with Crippen molar-refractivity contribution < 1.29 is 39.9 Å². The first kappa shape index (κ1) is 24.4. The highest BCUT2D eigenvalue weighted by Crippen LogP contribution is 2.50. The largest absolute Gasteiger partial charge is 0.430 e. The molecule has 15 heteroatoms. The van der Waals surface area contributed by atoms with E-state index in [-0.39, 0.29) is 41.1 Å². The highest BCUT2D eigenvalue weighted by molar-refractivity contribution is 7.91. The highest BCUT2D eigenvalue weighted by atomic mass is 32.2. The van der Waals surface area contributed by atoms with Crippen molar-refractivity contribution >= 4 is 32.0 Å². The van der Waals surface area contributed by atoms with Crippen LogP contribution in [-0.2, 0) is 15.6 Å². The average Bonchev–Trinajstić information content (AvgIpc) is 3.22. The van der Waals surface area contributed by atoms with E-state index in [1.165, 1.54) is 12.1 Å². The Hall–Kier alpha value is -2.23. The number of thiophene rings is 1. The summed E-state index contributed by atoms with van der Waals surface area (Å²) in [5.74, 6) is 0. The summed E-state index contributed by atoms with van der Waals surface area (Å²) in [7, 11) is -3.87. The summed E-state index contributed by atoms with van der Waals surface area (Å²) in [4.78, 5) is 12.1. The van der Waals surface area contributed by atoms with Gasteiger partial charge in [0.05, 0.1) is 0 Å². The predicted octanol–water partition coefficient (Wildman–Crippen LogP) is 3.97. The van der Waals surface area contributed by atoms with Crippen molar-refractivity contribution in [1.82, 2.24) is 4.31 Å². The van der Waals surface area contributed by atoms with Gasteiger partial charge in [0.25, 0.3) is 15.6 Å². The molecule has 1 aliphatic heterocycles. The number of halogens is 6. The molecular formula is C17H15F6N3O4S2.